The standard InChI is InChI=1S/C23H31N3O3.C7H12N2O3.C7H14/c1-16-11-20(25(4)15-23(2,3)29)14-26(16)21(27)13-24-22(28)19-10-9-17-7-5-6-8-18(17)12-19;8-6(12)5(11)7(9-4-10)2-1-3-7;1-7-5-3-2-4-6-7/h5-10,12,16,20,29H,11,13-15H2,1-4H3,(H,24,28);4-5,11H,1-3H2,(H2,8,12)(H,9,10);7H,2-6H2,1H3. The molecule has 1 saturated heterocycles. The van der Waals surface area contributed by atoms with Gasteiger partial charge in [-0.2, -0.15) is 0 Å². The highest BCUT2D eigenvalue weighted by Crippen LogP contribution is 2.34. The van der Waals surface area contributed by atoms with Crippen molar-refractivity contribution in [2.24, 2.45) is 11.7 Å². The molecule has 3 atom stereocenters. The number of fused-ring (bicyclic) bond motifs is 1. The van der Waals surface area contributed by atoms with E-state index < -0.39 is 23.2 Å². The highest BCUT2D eigenvalue weighted by molar-refractivity contribution is 6.00. The summed E-state index contributed by atoms with van der Waals surface area (Å²) in [6.45, 7) is 9.10. The van der Waals surface area contributed by atoms with Crippen molar-refractivity contribution in [3.05, 3.63) is 48.0 Å². The maximum absolute atomic E-state index is 12.7. The number of carbonyl (C=O) groups excluding carboxylic acids is 4. The van der Waals surface area contributed by atoms with E-state index in [0.29, 0.717) is 37.9 Å². The number of likely N-dealkylation sites (tertiary alicyclic amines) is 1. The minimum Gasteiger partial charge on any atom is -0.389 e. The first kappa shape index (κ1) is 38.9. The van der Waals surface area contributed by atoms with Crippen LogP contribution in [0.3, 0.4) is 0 Å². The summed E-state index contributed by atoms with van der Waals surface area (Å²) in [5.74, 6) is -0.0738. The number of nitrogens with zero attached hydrogens (tertiary/aromatic N) is 2. The highest BCUT2D eigenvalue weighted by atomic mass is 16.3. The van der Waals surface area contributed by atoms with Gasteiger partial charge in [0.15, 0.2) is 6.10 Å². The van der Waals surface area contributed by atoms with E-state index in [0.717, 1.165) is 29.5 Å². The van der Waals surface area contributed by atoms with Gasteiger partial charge in [-0.05, 0) is 82.3 Å². The van der Waals surface area contributed by atoms with Crippen LogP contribution in [0.25, 0.3) is 10.8 Å². The molecule has 0 spiro atoms. The topological polar surface area (TPSA) is 165 Å². The molecular formula is C37H57N5O6. The molecule has 1 aliphatic heterocycles. The van der Waals surface area contributed by atoms with E-state index in [1.807, 2.05) is 55.3 Å². The number of amides is 4. The lowest BCUT2D eigenvalue weighted by Gasteiger charge is -2.43. The fourth-order valence-electron chi connectivity index (χ4n) is 6.85. The van der Waals surface area contributed by atoms with Gasteiger partial charge in [-0.25, -0.2) is 0 Å². The number of hydrogen-bond donors (Lipinski definition) is 5. The summed E-state index contributed by atoms with van der Waals surface area (Å²) in [6, 6.07) is 13.7. The van der Waals surface area contributed by atoms with Gasteiger partial charge in [0.25, 0.3) is 5.91 Å². The van der Waals surface area contributed by atoms with Crippen molar-refractivity contribution in [2.45, 2.75) is 115 Å². The van der Waals surface area contributed by atoms with Crippen molar-refractivity contribution >= 4 is 34.9 Å². The Kier molecular flexibility index (Phi) is 14.4. The van der Waals surface area contributed by atoms with E-state index in [9.17, 15) is 29.4 Å². The molecule has 0 bridgehead atoms. The lowest BCUT2D eigenvalue weighted by Crippen LogP contribution is -2.62. The number of aliphatic hydroxyl groups excluding tert-OH is 1. The van der Waals surface area contributed by atoms with Crippen LogP contribution in [0.1, 0.15) is 95.8 Å². The maximum atomic E-state index is 12.7. The molecule has 2 aromatic rings. The molecular weight excluding hydrogens is 610 g/mol. The summed E-state index contributed by atoms with van der Waals surface area (Å²) in [6.07, 6.45) is 9.63. The van der Waals surface area contributed by atoms with E-state index in [1.165, 1.54) is 32.1 Å². The van der Waals surface area contributed by atoms with Crippen LogP contribution in [0.15, 0.2) is 42.5 Å². The minimum atomic E-state index is -1.27. The largest absolute Gasteiger partial charge is 0.389 e. The maximum Gasteiger partial charge on any atom is 0.251 e. The van der Waals surface area contributed by atoms with Crippen molar-refractivity contribution < 1.29 is 29.4 Å². The van der Waals surface area contributed by atoms with Crippen molar-refractivity contribution in [2.75, 3.05) is 26.7 Å². The van der Waals surface area contributed by atoms with Crippen molar-refractivity contribution in [1.29, 1.82) is 0 Å². The number of hydrogen-bond acceptors (Lipinski definition) is 7. The summed E-state index contributed by atoms with van der Waals surface area (Å²) < 4.78 is 0. The van der Waals surface area contributed by atoms with Gasteiger partial charge in [0.05, 0.1) is 17.7 Å². The molecule has 2 aliphatic carbocycles. The first-order valence-corrected chi connectivity index (χ1v) is 17.3. The molecule has 4 amide bonds. The monoisotopic (exact) mass is 667 g/mol. The quantitative estimate of drug-likeness (QED) is 0.243. The fourth-order valence-corrected chi connectivity index (χ4v) is 6.85. The second kappa shape index (κ2) is 17.7. The van der Waals surface area contributed by atoms with Crippen LogP contribution in [0.2, 0.25) is 0 Å². The Morgan fingerprint density at radius 3 is 2.23 bits per heavy atom. The minimum absolute atomic E-state index is 0.0159. The van der Waals surface area contributed by atoms with Crippen LogP contribution in [-0.4, -0.2) is 100 Å². The predicted octanol–water partition coefficient (Wildman–Crippen LogP) is 3.35. The van der Waals surface area contributed by atoms with Gasteiger partial charge in [-0.15, -0.1) is 0 Å². The normalized spacial score (nSPS) is 21.1. The first-order chi connectivity index (χ1) is 22.7. The highest BCUT2D eigenvalue weighted by Gasteiger charge is 2.46. The third-order valence-corrected chi connectivity index (χ3v) is 9.82. The van der Waals surface area contributed by atoms with Crippen LogP contribution in [-0.2, 0) is 14.4 Å². The van der Waals surface area contributed by atoms with Gasteiger partial charge in [-0.1, -0.05) is 69.4 Å². The number of benzene rings is 2. The van der Waals surface area contributed by atoms with Crippen LogP contribution in [0.4, 0.5) is 0 Å². The van der Waals surface area contributed by atoms with E-state index in [1.54, 1.807) is 19.9 Å². The van der Waals surface area contributed by atoms with Gasteiger partial charge in [0.1, 0.15) is 0 Å². The van der Waals surface area contributed by atoms with Gasteiger partial charge in [0.2, 0.25) is 18.2 Å². The van der Waals surface area contributed by atoms with E-state index in [-0.39, 0.29) is 30.4 Å². The first-order valence-electron chi connectivity index (χ1n) is 17.3. The molecule has 0 aromatic heterocycles. The van der Waals surface area contributed by atoms with Crippen molar-refractivity contribution in [3.8, 4) is 0 Å². The smallest absolute Gasteiger partial charge is 0.251 e. The Morgan fingerprint density at radius 2 is 1.71 bits per heavy atom. The average Bonchev–Trinajstić information content (AvgIpc) is 3.43. The fraction of sp³-hybridized carbons (Fsp3) is 0.622. The number of aliphatic hydroxyl groups is 2. The Morgan fingerprint density at radius 1 is 1.06 bits per heavy atom. The predicted molar refractivity (Wildman–Crippen MR) is 188 cm³/mol. The number of likely N-dealkylation sites (N-methyl/N-ethyl adjacent to an activating group) is 1. The van der Waals surface area contributed by atoms with Crippen molar-refractivity contribution in [1.82, 2.24) is 20.4 Å². The molecule has 2 aromatic carbocycles. The Bertz CT molecular complexity index is 1370. The number of nitrogens with two attached hydrogens (primary N) is 1. The molecule has 48 heavy (non-hydrogen) atoms. The van der Waals surface area contributed by atoms with E-state index in [2.05, 4.69) is 22.5 Å². The van der Waals surface area contributed by atoms with Crippen molar-refractivity contribution in [3.63, 3.8) is 0 Å². The SMILES string of the molecule is CC1CC(N(C)CC(C)(C)O)CN1C(=O)CNC(=O)c1ccc2ccccc2c1.CC1CCCCC1.NC(=O)C(O)C1(NC=O)CCC1. The second-order valence-corrected chi connectivity index (χ2v) is 14.6. The molecule has 6 N–H and O–H groups in total. The van der Waals surface area contributed by atoms with Gasteiger partial charge in [0, 0.05) is 30.7 Å². The Labute approximate surface area is 285 Å². The van der Waals surface area contributed by atoms with Crippen LogP contribution >= 0.6 is 0 Å². The summed E-state index contributed by atoms with van der Waals surface area (Å²) >= 11 is 0. The molecule has 3 aliphatic rings. The van der Waals surface area contributed by atoms with Crippen LogP contribution in [0.5, 0.6) is 0 Å². The molecule has 0 radical (unpaired) electrons. The molecule has 3 fully saturated rings. The average molecular weight is 668 g/mol. The summed E-state index contributed by atoms with van der Waals surface area (Å²) in [5.41, 5.74) is 3.91. The molecule has 2 saturated carbocycles. The Balaban J connectivity index is 0.000000267. The van der Waals surface area contributed by atoms with E-state index in [4.69, 9.17) is 5.73 Å². The number of rotatable bonds is 10. The lowest BCUT2D eigenvalue weighted by molar-refractivity contribution is -0.135. The van der Waals surface area contributed by atoms with Gasteiger partial charge >= 0.3 is 0 Å². The summed E-state index contributed by atoms with van der Waals surface area (Å²) in [4.78, 5) is 49.9. The van der Waals surface area contributed by atoms with Gasteiger partial charge in [-0.3, -0.25) is 24.1 Å². The summed E-state index contributed by atoms with van der Waals surface area (Å²) in [5, 5.41) is 26.6. The zero-order chi connectivity index (χ0) is 35.5. The third kappa shape index (κ3) is 11.3. The lowest BCUT2D eigenvalue weighted by atomic mass is 9.72. The Hall–Kier alpha value is -3.54. The zero-order valence-electron chi connectivity index (χ0n) is 29.4. The molecule has 266 valence electrons. The number of nitrogens with one attached hydrogen (secondary N) is 2. The van der Waals surface area contributed by atoms with Crippen LogP contribution < -0.4 is 16.4 Å². The molecule has 11 heteroatoms. The molecule has 1 heterocycles. The molecule has 5 rings (SSSR count). The summed E-state index contributed by atoms with van der Waals surface area (Å²) in [7, 11) is 1.98. The van der Waals surface area contributed by atoms with Crippen LogP contribution in [0, 0.1) is 5.92 Å². The zero-order valence-corrected chi connectivity index (χ0v) is 29.4. The second-order valence-electron chi connectivity index (χ2n) is 14.6. The third-order valence-electron chi connectivity index (χ3n) is 9.82. The number of primary amides is 1. The molecule has 11 nitrogen and oxygen atoms in total. The molecule has 3 unspecified atom stereocenters. The van der Waals surface area contributed by atoms with E-state index >= 15 is 0 Å². The number of carbonyl (C=O) groups is 4. The van der Waals surface area contributed by atoms with Gasteiger partial charge < -0.3 is 31.5 Å².